The molecular formula is C38H73N5O2. The highest BCUT2D eigenvalue weighted by molar-refractivity contribution is 5.76. The number of hydrogen-bond donors (Lipinski definition) is 5. The maximum atomic E-state index is 13.2. The summed E-state index contributed by atoms with van der Waals surface area (Å²) in [6, 6.07) is 1.11. The maximum Gasteiger partial charge on any atom is 0.223 e. The van der Waals surface area contributed by atoms with Gasteiger partial charge in [0.05, 0.1) is 6.10 Å². The summed E-state index contributed by atoms with van der Waals surface area (Å²) in [5.74, 6) is 3.93. The number of nitrogens with zero attached hydrogens (tertiary/aromatic N) is 1. The van der Waals surface area contributed by atoms with Crippen LogP contribution >= 0.6 is 0 Å². The van der Waals surface area contributed by atoms with E-state index in [2.05, 4.69) is 69.3 Å². The van der Waals surface area contributed by atoms with E-state index in [4.69, 9.17) is 5.73 Å². The summed E-state index contributed by atoms with van der Waals surface area (Å²) in [7, 11) is 0. The van der Waals surface area contributed by atoms with Gasteiger partial charge in [-0.1, -0.05) is 20.8 Å². The first-order chi connectivity index (χ1) is 21.4. The number of fused-ring (bicyclic) bond motifs is 5. The molecule has 262 valence electrons. The fourth-order valence-corrected chi connectivity index (χ4v) is 11.4. The van der Waals surface area contributed by atoms with Gasteiger partial charge in [-0.3, -0.25) is 4.79 Å². The number of aliphatic hydroxyl groups is 1. The quantitative estimate of drug-likeness (QED) is 0.135. The Hall–Kier alpha value is -0.730. The van der Waals surface area contributed by atoms with Crippen LogP contribution in [0.4, 0.5) is 0 Å². The van der Waals surface area contributed by atoms with Crippen LogP contribution in [0.15, 0.2) is 0 Å². The molecule has 4 fully saturated rings. The van der Waals surface area contributed by atoms with E-state index in [9.17, 15) is 9.90 Å². The Balaban J connectivity index is 1.26. The first-order valence-corrected chi connectivity index (χ1v) is 19.3. The van der Waals surface area contributed by atoms with Gasteiger partial charge in [0.1, 0.15) is 0 Å². The van der Waals surface area contributed by atoms with Gasteiger partial charge < -0.3 is 31.7 Å². The van der Waals surface area contributed by atoms with Crippen molar-refractivity contribution in [2.75, 3.05) is 39.3 Å². The van der Waals surface area contributed by atoms with Gasteiger partial charge in [0.2, 0.25) is 5.91 Å². The van der Waals surface area contributed by atoms with E-state index in [0.29, 0.717) is 64.7 Å². The third kappa shape index (κ3) is 8.47. The van der Waals surface area contributed by atoms with E-state index in [1.165, 1.54) is 44.9 Å². The van der Waals surface area contributed by atoms with E-state index in [0.717, 1.165) is 65.0 Å². The van der Waals surface area contributed by atoms with Gasteiger partial charge >= 0.3 is 0 Å². The number of carbonyl (C=O) groups excluding carboxylic acids is 1. The van der Waals surface area contributed by atoms with Gasteiger partial charge in [-0.15, -0.1) is 0 Å². The van der Waals surface area contributed by atoms with Crippen LogP contribution in [-0.2, 0) is 4.79 Å². The number of aliphatic hydroxyl groups excluding tert-OH is 1. The number of nitrogens with one attached hydrogen (secondary N) is 3. The molecule has 7 heteroatoms. The number of amides is 1. The average molecular weight is 632 g/mol. The molecule has 4 rings (SSSR count). The molecule has 4 saturated carbocycles. The Morgan fingerprint density at radius 1 is 0.844 bits per heavy atom. The molecule has 0 aromatic heterocycles. The van der Waals surface area contributed by atoms with Crippen LogP contribution in [-0.4, -0.2) is 79.4 Å². The van der Waals surface area contributed by atoms with E-state index < -0.39 is 0 Å². The summed E-state index contributed by atoms with van der Waals surface area (Å²) in [6.45, 7) is 22.1. The molecule has 0 aromatic carbocycles. The van der Waals surface area contributed by atoms with Crippen LogP contribution in [0.2, 0.25) is 0 Å². The Morgan fingerprint density at radius 2 is 1.49 bits per heavy atom. The summed E-state index contributed by atoms with van der Waals surface area (Å²) in [6.07, 6.45) is 13.7. The SMILES string of the molecule is CC(C)N(C(=O)CC[C@@H](C)C1CCC2C3C(CC[C@@]21C)[C@@]1(C)CC[C@H](NCCCNCCNCCCN)CC1C[C@H]3O)C(C)C. The first kappa shape index (κ1) is 37.1. The molecule has 4 aliphatic carbocycles. The lowest BCUT2D eigenvalue weighted by molar-refractivity contribution is -0.167. The molecule has 0 aliphatic heterocycles. The average Bonchev–Trinajstić information content (AvgIpc) is 3.34. The van der Waals surface area contributed by atoms with Crippen molar-refractivity contribution in [3.8, 4) is 0 Å². The third-order valence-electron chi connectivity index (χ3n) is 13.7. The molecule has 45 heavy (non-hydrogen) atoms. The minimum atomic E-state index is -0.152. The van der Waals surface area contributed by atoms with Gasteiger partial charge in [0.25, 0.3) is 0 Å². The van der Waals surface area contributed by atoms with Crippen molar-refractivity contribution < 1.29 is 9.90 Å². The topological polar surface area (TPSA) is 103 Å². The maximum absolute atomic E-state index is 13.2. The second kappa shape index (κ2) is 16.6. The molecule has 5 unspecified atom stereocenters. The van der Waals surface area contributed by atoms with Gasteiger partial charge in [0, 0.05) is 37.6 Å². The molecule has 0 saturated heterocycles. The summed E-state index contributed by atoms with van der Waals surface area (Å²) >= 11 is 0. The second-order valence-electron chi connectivity index (χ2n) is 17.0. The molecule has 0 radical (unpaired) electrons. The lowest BCUT2D eigenvalue weighted by Crippen LogP contribution is -2.59. The van der Waals surface area contributed by atoms with E-state index in [1.807, 2.05) is 0 Å². The molecule has 7 nitrogen and oxygen atoms in total. The highest BCUT2D eigenvalue weighted by Gasteiger charge is 2.62. The second-order valence-corrected chi connectivity index (χ2v) is 17.0. The van der Waals surface area contributed by atoms with Crippen molar-refractivity contribution in [2.24, 2.45) is 52.1 Å². The van der Waals surface area contributed by atoms with Gasteiger partial charge in [-0.25, -0.2) is 0 Å². The predicted octanol–water partition coefficient (Wildman–Crippen LogP) is 5.55. The minimum Gasteiger partial charge on any atom is -0.393 e. The molecule has 6 N–H and O–H groups in total. The Kier molecular flexibility index (Phi) is 13.7. The van der Waals surface area contributed by atoms with Gasteiger partial charge in [-0.05, 0) is 171 Å². The molecule has 4 aliphatic rings. The Labute approximate surface area is 277 Å². The van der Waals surface area contributed by atoms with Crippen molar-refractivity contribution in [1.29, 1.82) is 0 Å². The van der Waals surface area contributed by atoms with E-state index in [-0.39, 0.29) is 18.2 Å². The minimum absolute atomic E-state index is 0.152. The molecule has 0 bridgehead atoms. The first-order valence-electron chi connectivity index (χ1n) is 19.3. The summed E-state index contributed by atoms with van der Waals surface area (Å²) in [4.78, 5) is 15.2. The number of rotatable bonds is 17. The summed E-state index contributed by atoms with van der Waals surface area (Å²) in [5.41, 5.74) is 6.22. The van der Waals surface area contributed by atoms with E-state index >= 15 is 0 Å². The number of carbonyl (C=O) groups is 1. The number of hydrogen-bond acceptors (Lipinski definition) is 6. The van der Waals surface area contributed by atoms with Crippen LogP contribution in [0.5, 0.6) is 0 Å². The fraction of sp³-hybridized carbons (Fsp3) is 0.974. The van der Waals surface area contributed by atoms with Gasteiger partial charge in [-0.2, -0.15) is 0 Å². The van der Waals surface area contributed by atoms with Crippen molar-refractivity contribution in [2.45, 2.75) is 150 Å². The molecule has 0 heterocycles. The predicted molar refractivity (Wildman–Crippen MR) is 188 cm³/mol. The highest BCUT2D eigenvalue weighted by atomic mass is 16.3. The fourth-order valence-electron chi connectivity index (χ4n) is 11.4. The zero-order valence-corrected chi connectivity index (χ0v) is 30.4. The van der Waals surface area contributed by atoms with Crippen LogP contribution in [0.3, 0.4) is 0 Å². The summed E-state index contributed by atoms with van der Waals surface area (Å²) < 4.78 is 0. The normalized spacial score (nSPS) is 36.9. The van der Waals surface area contributed by atoms with Crippen LogP contribution in [0.1, 0.15) is 126 Å². The third-order valence-corrected chi connectivity index (χ3v) is 13.7. The van der Waals surface area contributed by atoms with Crippen molar-refractivity contribution >= 4 is 5.91 Å². The van der Waals surface area contributed by atoms with Crippen molar-refractivity contribution in [3.63, 3.8) is 0 Å². The molecule has 0 spiro atoms. The van der Waals surface area contributed by atoms with Crippen LogP contribution in [0, 0.1) is 46.3 Å². The van der Waals surface area contributed by atoms with Crippen LogP contribution < -0.4 is 21.7 Å². The van der Waals surface area contributed by atoms with Gasteiger partial charge in [0.15, 0.2) is 0 Å². The standard InChI is InChI=1S/C38H73N5O2/c1-26(2)43(27(3)4)35(45)13-10-28(5)31-11-12-32-36-33(15-17-38(31,32)7)37(6)16-14-30(24-29(37)25-34(36)44)42-21-9-20-41-23-22-40-19-8-18-39/h26-34,36,40-42,44H,8-25,39H2,1-7H3/t28-,29?,30+,31?,32?,33?,34-,36?,37+,38-/m1/s1. The smallest absolute Gasteiger partial charge is 0.223 e. The zero-order valence-electron chi connectivity index (χ0n) is 30.4. The Morgan fingerprint density at radius 3 is 2.16 bits per heavy atom. The largest absolute Gasteiger partial charge is 0.393 e. The summed E-state index contributed by atoms with van der Waals surface area (Å²) in [5, 5.41) is 22.7. The lowest BCUT2D eigenvalue weighted by atomic mass is 9.43. The van der Waals surface area contributed by atoms with Crippen LogP contribution in [0.25, 0.3) is 0 Å². The Bertz CT molecular complexity index is 907. The zero-order chi connectivity index (χ0) is 32.8. The molecule has 0 aromatic rings. The van der Waals surface area contributed by atoms with Crippen molar-refractivity contribution in [1.82, 2.24) is 20.9 Å². The van der Waals surface area contributed by atoms with E-state index in [1.54, 1.807) is 0 Å². The van der Waals surface area contributed by atoms with Crippen molar-refractivity contribution in [3.05, 3.63) is 0 Å². The monoisotopic (exact) mass is 632 g/mol. The molecule has 1 amide bonds. The lowest BCUT2D eigenvalue weighted by Gasteiger charge is -2.62. The highest BCUT2D eigenvalue weighted by Crippen LogP contribution is 2.68. The molecule has 10 atom stereocenters. The number of nitrogens with two attached hydrogens (primary N) is 1. The molecular weight excluding hydrogens is 558 g/mol.